The normalized spacial score (nSPS) is 11.2. The minimum absolute atomic E-state index is 0.477. The minimum Gasteiger partial charge on any atom is -0.232 e. The molecule has 0 amide bonds. The fourth-order valence-electron chi connectivity index (χ4n) is 2.22. The SMILES string of the molecule is Cc1cc(C)cc(-c2nc(Cl)c(Br)c(CC(C)C)n2)c1. The van der Waals surface area contributed by atoms with Crippen LogP contribution in [0.25, 0.3) is 11.4 Å². The van der Waals surface area contributed by atoms with E-state index in [1.165, 1.54) is 11.1 Å². The Morgan fingerprint density at radius 3 is 2.25 bits per heavy atom. The van der Waals surface area contributed by atoms with Gasteiger partial charge in [-0.15, -0.1) is 0 Å². The van der Waals surface area contributed by atoms with Crippen molar-refractivity contribution in [3.8, 4) is 11.4 Å². The Labute approximate surface area is 133 Å². The second-order valence-electron chi connectivity index (χ2n) is 5.57. The van der Waals surface area contributed by atoms with Crippen LogP contribution in [-0.4, -0.2) is 9.97 Å². The van der Waals surface area contributed by atoms with Gasteiger partial charge in [-0.2, -0.15) is 0 Å². The molecule has 0 spiro atoms. The predicted octanol–water partition coefficient (Wildman–Crippen LogP) is 5.37. The minimum atomic E-state index is 0.477. The zero-order valence-electron chi connectivity index (χ0n) is 12.2. The van der Waals surface area contributed by atoms with Crippen molar-refractivity contribution in [2.24, 2.45) is 5.92 Å². The third-order valence-corrected chi connectivity index (χ3v) is 4.30. The summed E-state index contributed by atoms with van der Waals surface area (Å²) in [6, 6.07) is 6.32. The molecule has 1 aromatic carbocycles. The molecule has 0 bridgehead atoms. The van der Waals surface area contributed by atoms with E-state index in [1.54, 1.807) is 0 Å². The van der Waals surface area contributed by atoms with E-state index in [9.17, 15) is 0 Å². The summed E-state index contributed by atoms with van der Waals surface area (Å²) >= 11 is 9.72. The Kier molecular flexibility index (Phi) is 4.82. The van der Waals surface area contributed by atoms with Crippen LogP contribution >= 0.6 is 27.5 Å². The Hall–Kier alpha value is -0.930. The number of benzene rings is 1. The van der Waals surface area contributed by atoms with Gasteiger partial charge in [0.05, 0.1) is 10.2 Å². The molecule has 0 radical (unpaired) electrons. The first-order chi connectivity index (χ1) is 9.36. The zero-order valence-corrected chi connectivity index (χ0v) is 14.5. The van der Waals surface area contributed by atoms with Crippen molar-refractivity contribution in [1.29, 1.82) is 0 Å². The number of hydrogen-bond acceptors (Lipinski definition) is 2. The lowest BCUT2D eigenvalue weighted by Gasteiger charge is -2.11. The standard InChI is InChI=1S/C16H18BrClN2/c1-9(2)5-13-14(17)15(18)20-16(19-13)12-7-10(3)6-11(4)8-12/h6-9H,5H2,1-4H3. The molecule has 0 atom stereocenters. The fourth-order valence-corrected chi connectivity index (χ4v) is 2.75. The first kappa shape index (κ1) is 15.5. The van der Waals surface area contributed by atoms with Gasteiger partial charge < -0.3 is 0 Å². The molecule has 0 saturated carbocycles. The second-order valence-corrected chi connectivity index (χ2v) is 6.72. The highest BCUT2D eigenvalue weighted by Crippen LogP contribution is 2.29. The summed E-state index contributed by atoms with van der Waals surface area (Å²) in [6.45, 7) is 8.48. The van der Waals surface area contributed by atoms with Crippen LogP contribution in [0, 0.1) is 19.8 Å². The molecule has 2 rings (SSSR count). The van der Waals surface area contributed by atoms with Crippen LogP contribution in [0.1, 0.15) is 30.7 Å². The van der Waals surface area contributed by atoms with Crippen LogP contribution in [0.5, 0.6) is 0 Å². The van der Waals surface area contributed by atoms with Crippen molar-refractivity contribution in [2.45, 2.75) is 34.1 Å². The van der Waals surface area contributed by atoms with E-state index in [2.05, 4.69) is 71.8 Å². The van der Waals surface area contributed by atoms with E-state index < -0.39 is 0 Å². The van der Waals surface area contributed by atoms with Gasteiger partial charge in [0.25, 0.3) is 0 Å². The molecule has 0 unspecified atom stereocenters. The Morgan fingerprint density at radius 2 is 1.70 bits per heavy atom. The van der Waals surface area contributed by atoms with Crippen LogP contribution in [0.3, 0.4) is 0 Å². The van der Waals surface area contributed by atoms with Crippen molar-refractivity contribution in [1.82, 2.24) is 9.97 Å². The van der Waals surface area contributed by atoms with Gasteiger partial charge in [0.1, 0.15) is 5.15 Å². The van der Waals surface area contributed by atoms with Gasteiger partial charge in [0.15, 0.2) is 5.82 Å². The summed E-state index contributed by atoms with van der Waals surface area (Å²) in [6.07, 6.45) is 0.876. The quantitative estimate of drug-likeness (QED) is 0.693. The molecule has 0 fully saturated rings. The van der Waals surface area contributed by atoms with Crippen LogP contribution in [0.2, 0.25) is 5.15 Å². The van der Waals surface area contributed by atoms with E-state index in [4.69, 9.17) is 11.6 Å². The van der Waals surface area contributed by atoms with Gasteiger partial charge in [-0.25, -0.2) is 9.97 Å². The maximum atomic E-state index is 6.23. The van der Waals surface area contributed by atoms with E-state index in [-0.39, 0.29) is 0 Å². The Morgan fingerprint density at radius 1 is 1.10 bits per heavy atom. The number of aryl methyl sites for hydroxylation is 2. The third kappa shape index (κ3) is 3.58. The molecule has 20 heavy (non-hydrogen) atoms. The van der Waals surface area contributed by atoms with Crippen LogP contribution < -0.4 is 0 Å². The van der Waals surface area contributed by atoms with Crippen molar-refractivity contribution in [2.75, 3.05) is 0 Å². The highest BCUT2D eigenvalue weighted by molar-refractivity contribution is 9.10. The molecule has 0 N–H and O–H groups in total. The summed E-state index contributed by atoms with van der Waals surface area (Å²) in [5, 5.41) is 0.477. The molecule has 0 saturated heterocycles. The van der Waals surface area contributed by atoms with Crippen molar-refractivity contribution in [3.05, 3.63) is 44.6 Å². The van der Waals surface area contributed by atoms with Crippen molar-refractivity contribution < 1.29 is 0 Å². The van der Waals surface area contributed by atoms with E-state index in [1.807, 2.05) is 0 Å². The Bertz CT molecular complexity index is 618. The molecule has 106 valence electrons. The van der Waals surface area contributed by atoms with Gasteiger partial charge >= 0.3 is 0 Å². The number of halogens is 2. The summed E-state index contributed by atoms with van der Waals surface area (Å²) in [5.74, 6) is 1.21. The molecular weight excluding hydrogens is 336 g/mol. The average molecular weight is 354 g/mol. The van der Waals surface area contributed by atoms with E-state index >= 15 is 0 Å². The van der Waals surface area contributed by atoms with Crippen LogP contribution in [-0.2, 0) is 6.42 Å². The fraction of sp³-hybridized carbons (Fsp3) is 0.375. The lowest BCUT2D eigenvalue weighted by Crippen LogP contribution is -2.03. The van der Waals surface area contributed by atoms with Gasteiger partial charge in [0, 0.05) is 5.56 Å². The van der Waals surface area contributed by atoms with Crippen molar-refractivity contribution in [3.63, 3.8) is 0 Å². The summed E-state index contributed by atoms with van der Waals surface area (Å²) in [5.41, 5.74) is 4.39. The largest absolute Gasteiger partial charge is 0.232 e. The summed E-state index contributed by atoms with van der Waals surface area (Å²) in [7, 11) is 0. The maximum Gasteiger partial charge on any atom is 0.161 e. The molecule has 1 heterocycles. The lowest BCUT2D eigenvalue weighted by atomic mass is 10.1. The summed E-state index contributed by atoms with van der Waals surface area (Å²) < 4.78 is 0.806. The van der Waals surface area contributed by atoms with Gasteiger partial charge in [-0.05, 0) is 54.2 Å². The molecule has 2 aromatic rings. The average Bonchev–Trinajstić information content (AvgIpc) is 2.32. The van der Waals surface area contributed by atoms with Crippen molar-refractivity contribution >= 4 is 27.5 Å². The molecule has 2 nitrogen and oxygen atoms in total. The zero-order chi connectivity index (χ0) is 14.9. The van der Waals surface area contributed by atoms with Gasteiger partial charge in [-0.3, -0.25) is 0 Å². The first-order valence-electron chi connectivity index (χ1n) is 6.67. The summed E-state index contributed by atoms with van der Waals surface area (Å²) in [4.78, 5) is 9.08. The number of rotatable bonds is 3. The number of hydrogen-bond donors (Lipinski definition) is 0. The van der Waals surface area contributed by atoms with Crippen LogP contribution in [0.4, 0.5) is 0 Å². The molecule has 4 heteroatoms. The second kappa shape index (κ2) is 6.23. The lowest BCUT2D eigenvalue weighted by molar-refractivity contribution is 0.632. The number of nitrogens with zero attached hydrogens (tertiary/aromatic N) is 2. The topological polar surface area (TPSA) is 25.8 Å². The van der Waals surface area contributed by atoms with E-state index in [0.29, 0.717) is 16.9 Å². The molecule has 0 aliphatic heterocycles. The highest BCUT2D eigenvalue weighted by atomic mass is 79.9. The van der Waals surface area contributed by atoms with Crippen LogP contribution in [0.15, 0.2) is 22.7 Å². The van der Waals surface area contributed by atoms with E-state index in [0.717, 1.165) is 22.2 Å². The first-order valence-corrected chi connectivity index (χ1v) is 7.84. The molecule has 0 aliphatic rings. The third-order valence-electron chi connectivity index (χ3n) is 2.96. The number of aromatic nitrogens is 2. The Balaban J connectivity index is 2.54. The van der Waals surface area contributed by atoms with Gasteiger partial charge in [0.2, 0.25) is 0 Å². The highest BCUT2D eigenvalue weighted by Gasteiger charge is 2.13. The maximum absolute atomic E-state index is 6.23. The molecule has 0 aliphatic carbocycles. The molecular formula is C16H18BrClN2. The van der Waals surface area contributed by atoms with Gasteiger partial charge in [-0.1, -0.05) is 42.6 Å². The predicted molar refractivity (Wildman–Crippen MR) is 88.2 cm³/mol. The smallest absolute Gasteiger partial charge is 0.161 e. The monoisotopic (exact) mass is 352 g/mol. The molecule has 1 aromatic heterocycles.